The summed E-state index contributed by atoms with van der Waals surface area (Å²) in [5, 5.41) is 11.1. The van der Waals surface area contributed by atoms with Crippen LogP contribution in [0.15, 0.2) is 84.7 Å². The number of hydrogen-bond acceptors (Lipinski definition) is 6. The Morgan fingerprint density at radius 2 is 1.69 bits per heavy atom. The molecular weight excluding hydrogens is 442 g/mol. The average molecular weight is 472 g/mol. The van der Waals surface area contributed by atoms with E-state index in [1.165, 1.54) is 12.4 Å². The van der Waals surface area contributed by atoms with Gasteiger partial charge in [0.15, 0.2) is 0 Å². The zero-order valence-electron chi connectivity index (χ0n) is 19.9. The van der Waals surface area contributed by atoms with Crippen molar-refractivity contribution < 1.29 is 19.4 Å². The summed E-state index contributed by atoms with van der Waals surface area (Å²) in [7, 11) is 3.92. The summed E-state index contributed by atoms with van der Waals surface area (Å²) in [4.78, 5) is 33.7. The van der Waals surface area contributed by atoms with Gasteiger partial charge in [-0.3, -0.25) is 14.6 Å². The maximum atomic E-state index is 13.1. The van der Waals surface area contributed by atoms with E-state index in [1.54, 1.807) is 17.0 Å². The number of aromatic nitrogens is 1. The molecule has 1 atom stereocenters. The maximum Gasteiger partial charge on any atom is 0.295 e. The van der Waals surface area contributed by atoms with Crippen LogP contribution < -0.4 is 4.74 Å². The van der Waals surface area contributed by atoms with E-state index in [2.05, 4.69) is 4.98 Å². The Bertz CT molecular complexity index is 1190. The molecular formula is C28H29N3O4. The molecule has 1 aliphatic heterocycles. The van der Waals surface area contributed by atoms with Crippen LogP contribution in [0.3, 0.4) is 0 Å². The molecule has 35 heavy (non-hydrogen) atoms. The molecule has 180 valence electrons. The predicted molar refractivity (Wildman–Crippen MR) is 134 cm³/mol. The number of pyridine rings is 1. The molecule has 0 radical (unpaired) electrons. The number of amides is 1. The monoisotopic (exact) mass is 471 g/mol. The van der Waals surface area contributed by atoms with Gasteiger partial charge in [-0.05, 0) is 62.5 Å². The largest absolute Gasteiger partial charge is 0.507 e. The molecule has 7 nitrogen and oxygen atoms in total. The van der Waals surface area contributed by atoms with E-state index in [4.69, 9.17) is 4.74 Å². The molecule has 0 aliphatic carbocycles. The molecule has 4 rings (SSSR count). The Balaban J connectivity index is 1.65. The van der Waals surface area contributed by atoms with E-state index in [9.17, 15) is 14.7 Å². The fraction of sp³-hybridized carbons (Fsp3) is 0.250. The molecule has 2 heterocycles. The van der Waals surface area contributed by atoms with Crippen molar-refractivity contribution in [2.75, 3.05) is 27.2 Å². The minimum atomic E-state index is -0.687. The summed E-state index contributed by atoms with van der Waals surface area (Å²) in [5.74, 6) is -0.807. The van der Waals surface area contributed by atoms with Crippen LogP contribution in [0, 0.1) is 0 Å². The Morgan fingerprint density at radius 3 is 2.34 bits per heavy atom. The van der Waals surface area contributed by atoms with Crippen molar-refractivity contribution in [2.24, 2.45) is 0 Å². The van der Waals surface area contributed by atoms with Crippen LogP contribution >= 0.6 is 0 Å². The van der Waals surface area contributed by atoms with Gasteiger partial charge in [-0.2, -0.15) is 0 Å². The predicted octanol–water partition coefficient (Wildman–Crippen LogP) is 4.03. The topological polar surface area (TPSA) is 83.0 Å². The van der Waals surface area contributed by atoms with Crippen molar-refractivity contribution in [3.05, 3.63) is 101 Å². The van der Waals surface area contributed by atoms with Crippen LogP contribution in [0.2, 0.25) is 0 Å². The number of aliphatic hydroxyl groups is 1. The number of aliphatic hydroxyl groups excluding tert-OH is 1. The third-order valence-electron chi connectivity index (χ3n) is 5.94. The van der Waals surface area contributed by atoms with E-state index in [0.717, 1.165) is 17.7 Å². The minimum absolute atomic E-state index is 0.0870. The van der Waals surface area contributed by atoms with Crippen molar-refractivity contribution in [3.8, 4) is 5.75 Å². The van der Waals surface area contributed by atoms with Gasteiger partial charge in [0.1, 0.15) is 18.1 Å². The highest BCUT2D eigenvalue weighted by molar-refractivity contribution is 6.46. The number of benzene rings is 2. The van der Waals surface area contributed by atoms with Gasteiger partial charge in [-0.15, -0.1) is 0 Å². The van der Waals surface area contributed by atoms with Gasteiger partial charge in [0, 0.05) is 24.5 Å². The molecule has 0 saturated carbocycles. The molecule has 2 aromatic carbocycles. The molecule has 1 aliphatic rings. The van der Waals surface area contributed by atoms with Crippen molar-refractivity contribution in [1.82, 2.24) is 14.8 Å². The Morgan fingerprint density at radius 1 is 1.00 bits per heavy atom. The van der Waals surface area contributed by atoms with E-state index >= 15 is 0 Å². The third kappa shape index (κ3) is 5.58. The molecule has 3 aromatic rings. The molecule has 1 N–H and O–H groups in total. The van der Waals surface area contributed by atoms with Crippen LogP contribution in [-0.2, 0) is 16.2 Å². The molecule has 1 fully saturated rings. The summed E-state index contributed by atoms with van der Waals surface area (Å²) >= 11 is 0. The summed E-state index contributed by atoms with van der Waals surface area (Å²) < 4.78 is 5.89. The second-order valence-corrected chi connectivity index (χ2v) is 8.73. The van der Waals surface area contributed by atoms with E-state index in [1.807, 2.05) is 73.6 Å². The zero-order chi connectivity index (χ0) is 24.8. The number of likely N-dealkylation sites (tertiary alicyclic amines) is 1. The quantitative estimate of drug-likeness (QED) is 0.288. The molecule has 0 bridgehead atoms. The number of carbonyl (C=O) groups excluding carboxylic acids is 2. The normalized spacial score (nSPS) is 17.2. The number of hydrogen-bond donors (Lipinski definition) is 1. The highest BCUT2D eigenvalue weighted by Gasteiger charge is 2.45. The van der Waals surface area contributed by atoms with Crippen molar-refractivity contribution in [3.63, 3.8) is 0 Å². The lowest BCUT2D eigenvalue weighted by molar-refractivity contribution is -0.139. The second-order valence-electron chi connectivity index (χ2n) is 8.73. The first-order chi connectivity index (χ1) is 17.0. The Labute approximate surface area is 205 Å². The number of Topliss-reactive ketones (excluding diaryl/α,β-unsaturated/α-hetero) is 1. The van der Waals surface area contributed by atoms with Gasteiger partial charge in [0.2, 0.25) is 0 Å². The summed E-state index contributed by atoms with van der Waals surface area (Å²) in [6.07, 6.45) is 3.77. The minimum Gasteiger partial charge on any atom is -0.507 e. The van der Waals surface area contributed by atoms with E-state index < -0.39 is 17.7 Å². The fourth-order valence-corrected chi connectivity index (χ4v) is 4.17. The second kappa shape index (κ2) is 11.0. The first-order valence-corrected chi connectivity index (χ1v) is 11.6. The van der Waals surface area contributed by atoms with Gasteiger partial charge < -0.3 is 19.6 Å². The highest BCUT2D eigenvalue weighted by atomic mass is 16.5. The van der Waals surface area contributed by atoms with Crippen LogP contribution in [-0.4, -0.2) is 58.8 Å². The van der Waals surface area contributed by atoms with Crippen LogP contribution in [0.4, 0.5) is 0 Å². The van der Waals surface area contributed by atoms with Gasteiger partial charge in [-0.1, -0.05) is 42.5 Å². The van der Waals surface area contributed by atoms with Gasteiger partial charge in [0.05, 0.1) is 11.6 Å². The molecule has 0 spiro atoms. The summed E-state index contributed by atoms with van der Waals surface area (Å²) in [6.45, 7) is 1.60. The summed E-state index contributed by atoms with van der Waals surface area (Å²) in [6, 6.07) is 19.8. The van der Waals surface area contributed by atoms with Gasteiger partial charge in [-0.25, -0.2) is 0 Å². The molecule has 1 unspecified atom stereocenters. The Kier molecular flexibility index (Phi) is 7.57. The number of ketones is 1. The number of ether oxygens (including phenoxy) is 1. The first kappa shape index (κ1) is 24.2. The average Bonchev–Trinajstić information content (AvgIpc) is 3.13. The molecule has 7 heteroatoms. The van der Waals surface area contributed by atoms with Crippen LogP contribution in [0.25, 0.3) is 5.76 Å². The molecule has 1 amide bonds. The zero-order valence-corrected chi connectivity index (χ0v) is 19.9. The first-order valence-electron chi connectivity index (χ1n) is 11.6. The molecule has 1 saturated heterocycles. The number of carbonyl (C=O) groups is 2. The van der Waals surface area contributed by atoms with E-state index in [-0.39, 0.29) is 11.3 Å². The SMILES string of the molecule is CN(C)CCCN1C(=O)C(=O)C(=C(O)c2ccncc2)C1c1ccc(OCc2ccccc2)cc1. The summed E-state index contributed by atoms with van der Waals surface area (Å²) in [5.41, 5.74) is 2.32. The number of rotatable bonds is 9. The van der Waals surface area contributed by atoms with Gasteiger partial charge >= 0.3 is 0 Å². The maximum absolute atomic E-state index is 13.1. The van der Waals surface area contributed by atoms with Crippen molar-refractivity contribution >= 4 is 17.4 Å². The van der Waals surface area contributed by atoms with Crippen molar-refractivity contribution in [1.29, 1.82) is 0 Å². The smallest absolute Gasteiger partial charge is 0.295 e. The Hall–Kier alpha value is -3.97. The van der Waals surface area contributed by atoms with Crippen LogP contribution in [0.1, 0.15) is 29.2 Å². The standard InChI is InChI=1S/C28H29N3O4/c1-30(2)17-6-18-31-25(24(27(33)28(31)34)26(32)22-13-15-29-16-14-22)21-9-11-23(12-10-21)35-19-20-7-4-3-5-8-20/h3-5,7-16,25,32H,6,17-19H2,1-2H3. The lowest BCUT2D eigenvalue weighted by atomic mass is 9.95. The van der Waals surface area contributed by atoms with Crippen LogP contribution in [0.5, 0.6) is 5.75 Å². The lowest BCUT2D eigenvalue weighted by Crippen LogP contribution is -2.32. The lowest BCUT2D eigenvalue weighted by Gasteiger charge is -2.26. The highest BCUT2D eigenvalue weighted by Crippen LogP contribution is 2.39. The van der Waals surface area contributed by atoms with E-state index in [0.29, 0.717) is 30.9 Å². The third-order valence-corrected chi connectivity index (χ3v) is 5.94. The van der Waals surface area contributed by atoms with Gasteiger partial charge in [0.25, 0.3) is 11.7 Å². The number of nitrogens with zero attached hydrogens (tertiary/aromatic N) is 3. The van der Waals surface area contributed by atoms with Crippen molar-refractivity contribution in [2.45, 2.75) is 19.1 Å². The fourth-order valence-electron chi connectivity index (χ4n) is 4.17. The molecule has 1 aromatic heterocycles.